The fourth-order valence-corrected chi connectivity index (χ4v) is 5.29. The molecule has 4 rings (SSSR count). The van der Waals surface area contributed by atoms with Crippen LogP contribution in [0.2, 0.25) is 0 Å². The standard InChI is InChI=1S/C27H32N2O5/c1-2-18(15-25(30)29-24-13-7-8-17(24)14-26(31)32)28-27(33)34-16-23-21-11-5-3-9-19(21)20-10-4-6-12-22(20)23/h3-6,9-12,17-18,23-24H,2,7-8,13-16H2,1H3,(H,28,33)(H,29,30)(H,31,32)/t17?,18-,24?/m1/s1. The van der Waals surface area contributed by atoms with E-state index in [1.165, 1.54) is 11.1 Å². The van der Waals surface area contributed by atoms with Crippen molar-refractivity contribution in [1.29, 1.82) is 0 Å². The summed E-state index contributed by atoms with van der Waals surface area (Å²) in [6.45, 7) is 2.13. The average Bonchev–Trinajstić information content (AvgIpc) is 3.38. The number of fused-ring (bicyclic) bond motifs is 3. The summed E-state index contributed by atoms with van der Waals surface area (Å²) in [5.41, 5.74) is 4.64. The van der Waals surface area contributed by atoms with E-state index in [9.17, 15) is 14.4 Å². The Hall–Kier alpha value is -3.35. The van der Waals surface area contributed by atoms with Crippen LogP contribution in [0.15, 0.2) is 48.5 Å². The number of benzene rings is 2. The second-order valence-electron chi connectivity index (χ2n) is 9.24. The van der Waals surface area contributed by atoms with Crippen LogP contribution in [0, 0.1) is 5.92 Å². The lowest BCUT2D eigenvalue weighted by molar-refractivity contribution is -0.138. The highest BCUT2D eigenvalue weighted by Gasteiger charge is 2.31. The fraction of sp³-hybridized carbons (Fsp3) is 0.444. The minimum atomic E-state index is -0.838. The number of alkyl carbamates (subject to hydrolysis) is 1. The van der Waals surface area contributed by atoms with Gasteiger partial charge in [-0.3, -0.25) is 9.59 Å². The van der Waals surface area contributed by atoms with Crippen molar-refractivity contribution in [2.24, 2.45) is 5.92 Å². The summed E-state index contributed by atoms with van der Waals surface area (Å²) in [4.78, 5) is 36.2. The molecule has 0 aromatic heterocycles. The van der Waals surface area contributed by atoms with E-state index in [0.29, 0.717) is 6.42 Å². The molecule has 0 bridgehead atoms. The smallest absolute Gasteiger partial charge is 0.407 e. The SMILES string of the molecule is CC[C@H](CC(=O)NC1CCCC1CC(=O)O)NC(=O)OCC1c2ccccc2-c2ccccc21. The highest BCUT2D eigenvalue weighted by molar-refractivity contribution is 5.80. The number of rotatable bonds is 9. The Morgan fingerprint density at radius 2 is 1.68 bits per heavy atom. The zero-order valence-electron chi connectivity index (χ0n) is 19.5. The molecule has 0 saturated heterocycles. The molecular formula is C27H32N2O5. The van der Waals surface area contributed by atoms with E-state index in [4.69, 9.17) is 9.84 Å². The molecule has 2 aliphatic carbocycles. The minimum Gasteiger partial charge on any atom is -0.481 e. The normalized spacial score (nSPS) is 19.7. The Balaban J connectivity index is 1.29. The zero-order valence-corrected chi connectivity index (χ0v) is 19.5. The zero-order chi connectivity index (χ0) is 24.1. The lowest BCUT2D eigenvalue weighted by Crippen LogP contribution is -2.43. The quantitative estimate of drug-likeness (QED) is 0.508. The van der Waals surface area contributed by atoms with Crippen LogP contribution in [-0.2, 0) is 14.3 Å². The van der Waals surface area contributed by atoms with Crippen LogP contribution < -0.4 is 10.6 Å². The first-order valence-electron chi connectivity index (χ1n) is 12.1. The molecule has 0 spiro atoms. The number of amides is 2. The third-order valence-corrected chi connectivity index (χ3v) is 7.03. The summed E-state index contributed by atoms with van der Waals surface area (Å²) in [6.07, 6.45) is 2.77. The van der Waals surface area contributed by atoms with E-state index in [-0.39, 0.29) is 49.3 Å². The van der Waals surface area contributed by atoms with Gasteiger partial charge >= 0.3 is 12.1 Å². The monoisotopic (exact) mass is 464 g/mol. The largest absolute Gasteiger partial charge is 0.481 e. The van der Waals surface area contributed by atoms with Crippen LogP contribution in [0.25, 0.3) is 11.1 Å². The van der Waals surface area contributed by atoms with Crippen LogP contribution in [0.1, 0.15) is 62.5 Å². The summed E-state index contributed by atoms with van der Waals surface area (Å²) in [5.74, 6) is -1.06. The van der Waals surface area contributed by atoms with Crippen molar-refractivity contribution in [2.45, 2.75) is 63.5 Å². The topological polar surface area (TPSA) is 105 Å². The van der Waals surface area contributed by atoms with Crippen LogP contribution in [0.4, 0.5) is 4.79 Å². The van der Waals surface area contributed by atoms with Crippen molar-refractivity contribution in [3.05, 3.63) is 59.7 Å². The number of hydrogen-bond donors (Lipinski definition) is 3. The molecule has 7 heteroatoms. The second-order valence-corrected chi connectivity index (χ2v) is 9.24. The Kier molecular flexibility index (Phi) is 7.50. The molecule has 1 fully saturated rings. The summed E-state index contributed by atoms with van der Waals surface area (Å²) < 4.78 is 5.60. The number of hydrogen-bond acceptors (Lipinski definition) is 4. The minimum absolute atomic E-state index is 0.0185. The maximum absolute atomic E-state index is 12.6. The maximum atomic E-state index is 12.6. The first-order valence-corrected chi connectivity index (χ1v) is 12.1. The highest BCUT2D eigenvalue weighted by Crippen LogP contribution is 2.44. The molecule has 2 amide bonds. The van der Waals surface area contributed by atoms with Gasteiger partial charge in [-0.2, -0.15) is 0 Å². The van der Waals surface area contributed by atoms with Crippen LogP contribution in [0.5, 0.6) is 0 Å². The van der Waals surface area contributed by atoms with E-state index < -0.39 is 12.1 Å². The number of carboxylic acid groups (broad SMARTS) is 1. The molecule has 3 atom stereocenters. The number of carboxylic acids is 1. The lowest BCUT2D eigenvalue weighted by atomic mass is 9.98. The highest BCUT2D eigenvalue weighted by atomic mass is 16.5. The summed E-state index contributed by atoms with van der Waals surface area (Å²) in [6, 6.07) is 15.9. The molecule has 0 heterocycles. The van der Waals surface area contributed by atoms with Gasteiger partial charge in [0.1, 0.15) is 6.61 Å². The van der Waals surface area contributed by atoms with Gasteiger partial charge in [0, 0.05) is 24.4 Å². The van der Waals surface area contributed by atoms with E-state index in [2.05, 4.69) is 34.9 Å². The third kappa shape index (κ3) is 5.41. The van der Waals surface area contributed by atoms with E-state index >= 15 is 0 Å². The molecule has 7 nitrogen and oxygen atoms in total. The number of carbonyl (C=O) groups is 3. The van der Waals surface area contributed by atoms with E-state index in [1.54, 1.807) is 0 Å². The summed E-state index contributed by atoms with van der Waals surface area (Å²) in [7, 11) is 0. The molecular weight excluding hydrogens is 432 g/mol. The van der Waals surface area contributed by atoms with Gasteiger partial charge in [0.15, 0.2) is 0 Å². The predicted octanol–water partition coefficient (Wildman–Crippen LogP) is 4.45. The molecule has 2 unspecified atom stereocenters. The van der Waals surface area contributed by atoms with Gasteiger partial charge in [-0.05, 0) is 47.4 Å². The van der Waals surface area contributed by atoms with Gasteiger partial charge in [-0.15, -0.1) is 0 Å². The average molecular weight is 465 g/mol. The molecule has 180 valence electrons. The van der Waals surface area contributed by atoms with Crippen LogP contribution in [-0.4, -0.2) is 41.8 Å². The summed E-state index contributed by atoms with van der Waals surface area (Å²) in [5, 5.41) is 14.9. The molecule has 1 saturated carbocycles. The van der Waals surface area contributed by atoms with Crippen molar-refractivity contribution < 1.29 is 24.2 Å². The number of carbonyl (C=O) groups excluding carboxylic acids is 2. The molecule has 2 aromatic carbocycles. The molecule has 0 aliphatic heterocycles. The summed E-state index contributed by atoms with van der Waals surface area (Å²) >= 11 is 0. The van der Waals surface area contributed by atoms with Gasteiger partial charge in [0.2, 0.25) is 5.91 Å². The molecule has 2 aliphatic rings. The van der Waals surface area contributed by atoms with Gasteiger partial charge in [0.05, 0.1) is 6.42 Å². The second kappa shape index (κ2) is 10.7. The van der Waals surface area contributed by atoms with Gasteiger partial charge in [-0.1, -0.05) is 61.9 Å². The number of ether oxygens (including phenoxy) is 1. The lowest BCUT2D eigenvalue weighted by Gasteiger charge is -2.22. The van der Waals surface area contributed by atoms with Gasteiger partial charge in [-0.25, -0.2) is 4.79 Å². The Bertz CT molecular complexity index is 1010. The van der Waals surface area contributed by atoms with Gasteiger partial charge in [0.25, 0.3) is 0 Å². The molecule has 2 aromatic rings. The fourth-order valence-electron chi connectivity index (χ4n) is 5.29. The van der Waals surface area contributed by atoms with Gasteiger partial charge < -0.3 is 20.5 Å². The Labute approximate surface area is 199 Å². The van der Waals surface area contributed by atoms with Crippen molar-refractivity contribution in [3.63, 3.8) is 0 Å². The number of nitrogens with one attached hydrogen (secondary N) is 2. The predicted molar refractivity (Wildman–Crippen MR) is 128 cm³/mol. The van der Waals surface area contributed by atoms with Crippen LogP contribution in [0.3, 0.4) is 0 Å². The first-order chi connectivity index (χ1) is 16.5. The van der Waals surface area contributed by atoms with E-state index in [1.807, 2.05) is 31.2 Å². The Morgan fingerprint density at radius 3 is 2.29 bits per heavy atom. The van der Waals surface area contributed by atoms with Crippen molar-refractivity contribution in [3.8, 4) is 11.1 Å². The van der Waals surface area contributed by atoms with Crippen LogP contribution >= 0.6 is 0 Å². The van der Waals surface area contributed by atoms with Crippen molar-refractivity contribution >= 4 is 18.0 Å². The molecule has 34 heavy (non-hydrogen) atoms. The molecule has 3 N–H and O–H groups in total. The molecule has 0 radical (unpaired) electrons. The van der Waals surface area contributed by atoms with Crippen molar-refractivity contribution in [2.75, 3.05) is 6.61 Å². The number of aliphatic carboxylic acids is 1. The Morgan fingerprint density at radius 1 is 1.03 bits per heavy atom. The van der Waals surface area contributed by atoms with E-state index in [0.717, 1.165) is 30.4 Å². The first kappa shape index (κ1) is 23.8. The van der Waals surface area contributed by atoms with Crippen molar-refractivity contribution in [1.82, 2.24) is 10.6 Å². The third-order valence-electron chi connectivity index (χ3n) is 7.03. The maximum Gasteiger partial charge on any atom is 0.407 e.